The van der Waals surface area contributed by atoms with Gasteiger partial charge in [-0.1, -0.05) is 208 Å². The molecule has 2 aliphatic carbocycles. The minimum atomic E-state index is -0.355. The molecule has 6 nitrogen and oxygen atoms in total. The van der Waals surface area contributed by atoms with Gasteiger partial charge in [0.15, 0.2) is 11.6 Å². The average Bonchev–Trinajstić information content (AvgIpc) is 3.97. The van der Waals surface area contributed by atoms with E-state index in [1.165, 1.54) is 55.8 Å². The van der Waals surface area contributed by atoms with E-state index < -0.39 is 0 Å². The highest BCUT2D eigenvalue weighted by molar-refractivity contribution is 8.15. The summed E-state index contributed by atoms with van der Waals surface area (Å²) in [4.78, 5) is 22.7. The van der Waals surface area contributed by atoms with E-state index >= 15 is 0 Å². The summed E-state index contributed by atoms with van der Waals surface area (Å²) in [5.41, 5.74) is 14.7. The van der Waals surface area contributed by atoms with E-state index in [-0.39, 0.29) is 10.8 Å². The number of nitrogens with zero attached hydrogens (tertiary/aromatic N) is 6. The first-order chi connectivity index (χ1) is 33.3. The van der Waals surface area contributed by atoms with Crippen molar-refractivity contribution in [1.82, 2.24) is 19.5 Å². The molecular weight excluding hydrogens is 849 g/mol. The molecule has 0 N–H and O–H groups in total. The molecule has 0 fully saturated rings. The predicted octanol–water partition coefficient (Wildman–Crippen LogP) is 14.6. The molecule has 0 radical (unpaired) electrons. The largest absolute Gasteiger partial charge is 0.313 e. The fourth-order valence-corrected chi connectivity index (χ4v) is 11.7. The van der Waals surface area contributed by atoms with E-state index in [1.54, 1.807) is 0 Å². The summed E-state index contributed by atoms with van der Waals surface area (Å²) in [5, 5.41) is 2.82. The number of hydrogen-bond acceptors (Lipinski definition) is 6. The first kappa shape index (κ1) is 41.8. The van der Waals surface area contributed by atoms with Gasteiger partial charge in [-0.25, -0.2) is 9.98 Å². The van der Waals surface area contributed by atoms with Crippen molar-refractivity contribution >= 4 is 45.4 Å². The molecule has 7 heteroatoms. The second kappa shape index (κ2) is 16.9. The Morgan fingerprint density at radius 3 is 1.90 bits per heavy atom. The Labute approximate surface area is 402 Å². The lowest BCUT2D eigenvalue weighted by Crippen LogP contribution is -2.29. The molecule has 0 saturated carbocycles. The SMILES string of the molecule is CN(c1nc(-c2ccccc2)nc(-c2ccc(-c3ccccc3)cc2)n1)c1ccccc1C1(C)C=Cc2c(n(-c3ccc(C4(C)C=C5N=C(c6ccccc6)SC5CC4)cc3)c3ccccc23)C1. The quantitative estimate of drug-likeness (QED) is 0.144. The fraction of sp³-hybridized carbons (Fsp3) is 0.148. The minimum Gasteiger partial charge on any atom is -0.313 e. The van der Waals surface area contributed by atoms with Gasteiger partial charge in [-0.05, 0) is 59.4 Å². The normalized spacial score (nSPS) is 19.5. The van der Waals surface area contributed by atoms with Gasteiger partial charge in [0, 0.05) is 69.0 Å². The monoisotopic (exact) mass is 898 g/mol. The third kappa shape index (κ3) is 7.48. The van der Waals surface area contributed by atoms with Crippen LogP contribution in [0, 0.1) is 0 Å². The van der Waals surface area contributed by atoms with Crippen LogP contribution in [0.15, 0.2) is 211 Å². The molecular formula is C61H50N6S. The van der Waals surface area contributed by atoms with Gasteiger partial charge in [0.1, 0.15) is 5.04 Å². The zero-order chi connectivity index (χ0) is 45.8. The van der Waals surface area contributed by atoms with Crippen molar-refractivity contribution < 1.29 is 0 Å². The van der Waals surface area contributed by atoms with Crippen LogP contribution >= 0.6 is 11.8 Å². The topological polar surface area (TPSA) is 59.2 Å². The number of fused-ring (bicyclic) bond motifs is 4. The van der Waals surface area contributed by atoms with Crippen LogP contribution in [0.4, 0.5) is 11.6 Å². The van der Waals surface area contributed by atoms with Crippen molar-refractivity contribution in [1.29, 1.82) is 0 Å². The van der Waals surface area contributed by atoms with E-state index in [0.717, 1.165) is 46.7 Å². The summed E-state index contributed by atoms with van der Waals surface area (Å²) in [5.74, 6) is 1.84. The van der Waals surface area contributed by atoms with Crippen molar-refractivity contribution in [3.8, 4) is 39.6 Å². The van der Waals surface area contributed by atoms with Gasteiger partial charge < -0.3 is 9.47 Å². The van der Waals surface area contributed by atoms with Crippen molar-refractivity contribution in [3.63, 3.8) is 0 Å². The van der Waals surface area contributed by atoms with Gasteiger partial charge in [-0.2, -0.15) is 9.97 Å². The second-order valence-corrected chi connectivity index (χ2v) is 20.0. The molecule has 9 aromatic rings. The lowest BCUT2D eigenvalue weighted by Gasteiger charge is -2.35. The van der Waals surface area contributed by atoms with Crippen molar-refractivity contribution in [2.45, 2.75) is 49.2 Å². The smallest absolute Gasteiger partial charge is 0.233 e. The number of allylic oxidation sites excluding steroid dienone is 2. The fourth-order valence-electron chi connectivity index (χ4n) is 10.5. The molecule has 0 spiro atoms. The third-order valence-electron chi connectivity index (χ3n) is 14.3. The molecule has 68 heavy (non-hydrogen) atoms. The summed E-state index contributed by atoms with van der Waals surface area (Å²) in [6, 6.07) is 66.7. The highest BCUT2D eigenvalue weighted by Crippen LogP contribution is 2.48. The number of rotatable bonds is 9. The highest BCUT2D eigenvalue weighted by Gasteiger charge is 2.38. The van der Waals surface area contributed by atoms with E-state index in [4.69, 9.17) is 19.9 Å². The Balaban J connectivity index is 0.886. The lowest BCUT2D eigenvalue weighted by molar-refractivity contribution is 0.490. The minimum absolute atomic E-state index is 0.0933. The van der Waals surface area contributed by atoms with Crippen LogP contribution in [0.25, 0.3) is 56.6 Å². The Bertz CT molecular complexity index is 3430. The second-order valence-electron chi connectivity index (χ2n) is 18.8. The van der Waals surface area contributed by atoms with E-state index in [0.29, 0.717) is 22.8 Å². The van der Waals surface area contributed by atoms with Gasteiger partial charge in [-0.3, -0.25) is 0 Å². The van der Waals surface area contributed by atoms with Crippen molar-refractivity contribution in [2.75, 3.05) is 11.9 Å². The third-order valence-corrected chi connectivity index (χ3v) is 15.6. The molecule has 1 aliphatic heterocycles. The maximum atomic E-state index is 5.18. The number of anilines is 2. The number of thioether (sulfide) groups is 1. The van der Waals surface area contributed by atoms with Gasteiger partial charge in [0.25, 0.3) is 0 Å². The van der Waals surface area contributed by atoms with Crippen LogP contribution in [-0.4, -0.2) is 36.9 Å². The summed E-state index contributed by atoms with van der Waals surface area (Å²) < 4.78 is 2.50. The Hall–Kier alpha value is -7.61. The first-order valence-electron chi connectivity index (χ1n) is 23.6. The Kier molecular flexibility index (Phi) is 10.4. The van der Waals surface area contributed by atoms with Crippen molar-refractivity contribution in [2.24, 2.45) is 4.99 Å². The first-order valence-corrected chi connectivity index (χ1v) is 24.4. The Morgan fingerprint density at radius 2 is 1.18 bits per heavy atom. The highest BCUT2D eigenvalue weighted by atomic mass is 32.2. The van der Waals surface area contributed by atoms with E-state index in [1.807, 2.05) is 36.0 Å². The zero-order valence-electron chi connectivity index (χ0n) is 38.4. The van der Waals surface area contributed by atoms with Crippen LogP contribution in [0.3, 0.4) is 0 Å². The van der Waals surface area contributed by atoms with Crippen molar-refractivity contribution in [3.05, 3.63) is 234 Å². The van der Waals surface area contributed by atoms with Crippen LogP contribution in [-0.2, 0) is 17.3 Å². The van der Waals surface area contributed by atoms with Gasteiger partial charge in [0.2, 0.25) is 5.95 Å². The number of benzene rings is 7. The summed E-state index contributed by atoms with van der Waals surface area (Å²) in [7, 11) is 2.08. The lowest BCUT2D eigenvalue weighted by atomic mass is 9.73. The molecule has 7 aromatic carbocycles. The molecule has 330 valence electrons. The number of hydrogen-bond donors (Lipinski definition) is 0. The average molecular weight is 899 g/mol. The molecule has 3 aliphatic rings. The standard InChI is InChI=1S/C61H50N6S/c1-60(38-36-55-51(39-60)62-58(68-55)45-21-11-6-12-22-45)46-31-33-47(34-32-46)67-52-25-15-13-23-48(52)49-35-37-61(2,40-54(49)67)50-24-14-16-26-53(50)66(3)59-64-56(43-19-9-5-10-20-43)63-57(65-59)44-29-27-42(28-30-44)41-17-7-4-8-18-41/h4-35,37,39,55H,36,38,40H2,1-3H3. The number of aliphatic imine (C=N–C) groups is 1. The zero-order valence-corrected chi connectivity index (χ0v) is 39.2. The summed E-state index contributed by atoms with van der Waals surface area (Å²) in [6.07, 6.45) is 10.2. The van der Waals surface area contributed by atoms with Crippen LogP contribution in [0.5, 0.6) is 0 Å². The predicted molar refractivity (Wildman–Crippen MR) is 283 cm³/mol. The van der Waals surface area contributed by atoms with Gasteiger partial charge in [0.05, 0.1) is 16.5 Å². The molecule has 12 rings (SSSR count). The van der Waals surface area contributed by atoms with Crippen LogP contribution in [0.2, 0.25) is 0 Å². The van der Waals surface area contributed by atoms with Crippen LogP contribution in [0.1, 0.15) is 54.6 Å². The Morgan fingerprint density at radius 1 is 0.588 bits per heavy atom. The van der Waals surface area contributed by atoms with E-state index in [2.05, 4.69) is 212 Å². The number of para-hydroxylation sites is 2. The summed E-state index contributed by atoms with van der Waals surface area (Å²) >= 11 is 1.92. The molecule has 3 atom stereocenters. The number of aromatic nitrogens is 4. The molecule has 2 aromatic heterocycles. The van der Waals surface area contributed by atoms with E-state index in [9.17, 15) is 0 Å². The summed E-state index contributed by atoms with van der Waals surface area (Å²) in [6.45, 7) is 4.75. The van der Waals surface area contributed by atoms with Gasteiger partial charge in [-0.15, -0.1) is 0 Å². The molecule has 3 unspecified atom stereocenters. The molecule has 0 saturated heterocycles. The van der Waals surface area contributed by atoms with Gasteiger partial charge >= 0.3 is 0 Å². The maximum absolute atomic E-state index is 5.18. The van der Waals surface area contributed by atoms with Crippen LogP contribution < -0.4 is 4.90 Å². The molecule has 0 bridgehead atoms. The molecule has 3 heterocycles. The maximum Gasteiger partial charge on any atom is 0.233 e. The molecule has 0 amide bonds.